The van der Waals surface area contributed by atoms with Crippen molar-refractivity contribution in [3.8, 4) is 0 Å². The molecule has 0 aromatic heterocycles. The zero-order chi connectivity index (χ0) is 9.94. The maximum Gasteiger partial charge on any atom is 0.307 e. The summed E-state index contributed by atoms with van der Waals surface area (Å²) in [7, 11) is 0. The van der Waals surface area contributed by atoms with Crippen molar-refractivity contribution < 1.29 is 14.3 Å². The Morgan fingerprint density at radius 3 is 2.62 bits per heavy atom. The summed E-state index contributed by atoms with van der Waals surface area (Å²) >= 11 is 0. The highest BCUT2D eigenvalue weighted by Gasteiger charge is 1.99. The van der Waals surface area contributed by atoms with Gasteiger partial charge in [-0.1, -0.05) is 0 Å². The van der Waals surface area contributed by atoms with Gasteiger partial charge in [0.2, 0.25) is 0 Å². The average molecular weight is 189 g/mol. The number of rotatable bonds is 8. The summed E-state index contributed by atoms with van der Waals surface area (Å²) in [6.45, 7) is 4.28. The molecule has 0 aromatic rings. The van der Waals surface area contributed by atoms with Crippen molar-refractivity contribution >= 4 is 5.97 Å². The lowest BCUT2D eigenvalue weighted by Gasteiger charge is -2.03. The van der Waals surface area contributed by atoms with Crippen LogP contribution in [0.25, 0.3) is 0 Å². The van der Waals surface area contributed by atoms with E-state index in [0.717, 1.165) is 26.1 Å². The monoisotopic (exact) mass is 189 g/mol. The normalized spacial score (nSPS) is 10.0. The van der Waals surface area contributed by atoms with Crippen LogP contribution in [0.3, 0.4) is 0 Å². The topological polar surface area (TPSA) is 61.5 Å². The highest BCUT2D eigenvalue weighted by atomic mass is 16.5. The summed E-state index contributed by atoms with van der Waals surface area (Å²) < 4.78 is 10.0. The van der Waals surface area contributed by atoms with Crippen LogP contribution in [0.1, 0.15) is 26.2 Å². The fourth-order valence-corrected chi connectivity index (χ4v) is 0.827. The Morgan fingerprint density at radius 1 is 1.31 bits per heavy atom. The molecular formula is C9H19NO3. The zero-order valence-electron chi connectivity index (χ0n) is 8.25. The quantitative estimate of drug-likeness (QED) is 0.451. The fraction of sp³-hybridized carbons (Fsp3) is 0.889. The van der Waals surface area contributed by atoms with E-state index in [-0.39, 0.29) is 5.97 Å². The van der Waals surface area contributed by atoms with E-state index in [4.69, 9.17) is 15.2 Å². The van der Waals surface area contributed by atoms with Gasteiger partial charge in [0.1, 0.15) is 0 Å². The highest BCUT2D eigenvalue weighted by molar-refractivity contribution is 5.69. The molecule has 4 heteroatoms. The predicted octanol–water partition coefficient (Wildman–Crippen LogP) is 0.695. The maximum absolute atomic E-state index is 10.8. The first-order valence-electron chi connectivity index (χ1n) is 4.74. The van der Waals surface area contributed by atoms with E-state index in [1.165, 1.54) is 0 Å². The summed E-state index contributed by atoms with van der Waals surface area (Å²) in [5.74, 6) is -0.209. The third kappa shape index (κ3) is 9.30. The van der Waals surface area contributed by atoms with Gasteiger partial charge in [0.05, 0.1) is 13.0 Å². The molecule has 78 valence electrons. The summed E-state index contributed by atoms with van der Waals surface area (Å²) in [6, 6.07) is 0. The van der Waals surface area contributed by atoms with Crippen molar-refractivity contribution in [3.05, 3.63) is 0 Å². The van der Waals surface area contributed by atoms with E-state index < -0.39 is 0 Å². The molecule has 0 bridgehead atoms. The second-order valence-corrected chi connectivity index (χ2v) is 2.66. The summed E-state index contributed by atoms with van der Waals surface area (Å²) in [5, 5.41) is 0. The average Bonchev–Trinajstić information content (AvgIpc) is 2.11. The van der Waals surface area contributed by atoms with Crippen LogP contribution in [0, 0.1) is 0 Å². The van der Waals surface area contributed by atoms with Gasteiger partial charge in [-0.05, 0) is 19.8 Å². The van der Waals surface area contributed by atoms with Crippen LogP contribution in [0.15, 0.2) is 0 Å². The van der Waals surface area contributed by atoms with E-state index in [2.05, 4.69) is 0 Å². The Hall–Kier alpha value is -0.610. The molecule has 0 saturated heterocycles. The maximum atomic E-state index is 10.8. The number of hydrogen-bond acceptors (Lipinski definition) is 4. The molecule has 13 heavy (non-hydrogen) atoms. The highest BCUT2D eigenvalue weighted by Crippen LogP contribution is 1.93. The van der Waals surface area contributed by atoms with Crippen LogP contribution in [-0.4, -0.2) is 32.3 Å². The Balaban J connectivity index is 3.02. The lowest BCUT2D eigenvalue weighted by molar-refractivity contribution is -0.143. The van der Waals surface area contributed by atoms with Gasteiger partial charge >= 0.3 is 5.97 Å². The summed E-state index contributed by atoms with van der Waals surface area (Å²) in [4.78, 5) is 10.8. The number of carbonyl (C=O) groups is 1. The molecule has 4 nitrogen and oxygen atoms in total. The Kier molecular flexibility index (Phi) is 9.03. The second-order valence-electron chi connectivity index (χ2n) is 2.66. The van der Waals surface area contributed by atoms with Crippen LogP contribution >= 0.6 is 0 Å². The molecule has 0 unspecified atom stereocenters. The van der Waals surface area contributed by atoms with Crippen molar-refractivity contribution in [2.75, 3.05) is 26.4 Å². The number of ether oxygens (including phenoxy) is 2. The Bertz CT molecular complexity index is 128. The zero-order valence-corrected chi connectivity index (χ0v) is 8.25. The van der Waals surface area contributed by atoms with Crippen molar-refractivity contribution in [3.63, 3.8) is 0 Å². The van der Waals surface area contributed by atoms with Gasteiger partial charge in [-0.15, -0.1) is 0 Å². The number of carbonyl (C=O) groups excluding carboxylic acids is 1. The number of unbranched alkanes of at least 4 members (excludes halogenated alkanes) is 1. The van der Waals surface area contributed by atoms with Gasteiger partial charge in [0.15, 0.2) is 0 Å². The molecule has 0 aliphatic heterocycles. The van der Waals surface area contributed by atoms with Crippen LogP contribution in [0.2, 0.25) is 0 Å². The molecule has 0 atom stereocenters. The molecule has 0 amide bonds. The van der Waals surface area contributed by atoms with Crippen molar-refractivity contribution in [1.29, 1.82) is 0 Å². The minimum atomic E-state index is -0.209. The van der Waals surface area contributed by atoms with E-state index in [1.807, 2.05) is 6.92 Å². The van der Waals surface area contributed by atoms with Crippen molar-refractivity contribution in [2.45, 2.75) is 26.2 Å². The lowest BCUT2D eigenvalue weighted by Crippen LogP contribution is -2.12. The molecule has 0 radical (unpaired) electrons. The van der Waals surface area contributed by atoms with Gasteiger partial charge in [0, 0.05) is 19.8 Å². The van der Waals surface area contributed by atoms with Gasteiger partial charge in [-0.2, -0.15) is 0 Å². The van der Waals surface area contributed by atoms with Crippen LogP contribution in [-0.2, 0) is 14.3 Å². The first kappa shape index (κ1) is 12.4. The number of nitrogens with two attached hydrogens (primary N) is 1. The van der Waals surface area contributed by atoms with Gasteiger partial charge < -0.3 is 15.2 Å². The number of esters is 1. The van der Waals surface area contributed by atoms with E-state index in [9.17, 15) is 4.79 Å². The second kappa shape index (κ2) is 9.48. The van der Waals surface area contributed by atoms with Crippen molar-refractivity contribution in [1.82, 2.24) is 0 Å². The van der Waals surface area contributed by atoms with Gasteiger partial charge in [-0.25, -0.2) is 0 Å². The standard InChI is InChI=1S/C9H19NO3/c1-2-12-7-3-4-8-13-9(11)5-6-10/h2-8,10H2,1H3. The van der Waals surface area contributed by atoms with Crippen molar-refractivity contribution in [2.24, 2.45) is 5.73 Å². The molecule has 0 aliphatic carbocycles. The van der Waals surface area contributed by atoms with Crippen LogP contribution in [0.5, 0.6) is 0 Å². The van der Waals surface area contributed by atoms with E-state index in [1.54, 1.807) is 0 Å². The molecule has 0 heterocycles. The van der Waals surface area contributed by atoms with E-state index >= 15 is 0 Å². The molecule has 0 saturated carbocycles. The van der Waals surface area contributed by atoms with Gasteiger partial charge in [-0.3, -0.25) is 4.79 Å². The summed E-state index contributed by atoms with van der Waals surface area (Å²) in [6.07, 6.45) is 2.10. The Labute approximate surface area is 79.4 Å². The molecule has 0 aromatic carbocycles. The third-order valence-electron chi connectivity index (χ3n) is 1.50. The summed E-state index contributed by atoms with van der Waals surface area (Å²) in [5.41, 5.74) is 5.18. The largest absolute Gasteiger partial charge is 0.466 e. The molecular weight excluding hydrogens is 170 g/mol. The fourth-order valence-electron chi connectivity index (χ4n) is 0.827. The molecule has 0 rings (SSSR count). The molecule has 0 spiro atoms. The predicted molar refractivity (Wildman–Crippen MR) is 50.4 cm³/mol. The smallest absolute Gasteiger partial charge is 0.307 e. The first-order chi connectivity index (χ1) is 6.31. The Morgan fingerprint density at radius 2 is 2.00 bits per heavy atom. The minimum absolute atomic E-state index is 0.209. The molecule has 2 N–H and O–H groups in total. The number of hydrogen-bond donors (Lipinski definition) is 1. The van der Waals surface area contributed by atoms with Gasteiger partial charge in [0.25, 0.3) is 0 Å². The lowest BCUT2D eigenvalue weighted by atomic mass is 10.3. The van der Waals surface area contributed by atoms with E-state index in [0.29, 0.717) is 19.6 Å². The SMILES string of the molecule is CCOCCCCOC(=O)CCN. The van der Waals surface area contributed by atoms with Crippen LogP contribution in [0.4, 0.5) is 0 Å². The first-order valence-corrected chi connectivity index (χ1v) is 4.74. The third-order valence-corrected chi connectivity index (χ3v) is 1.50. The molecule has 0 aliphatic rings. The van der Waals surface area contributed by atoms with Crippen LogP contribution < -0.4 is 5.73 Å². The molecule has 0 fully saturated rings. The minimum Gasteiger partial charge on any atom is -0.466 e.